The van der Waals surface area contributed by atoms with E-state index in [1.165, 1.54) is 38.5 Å². The second-order valence-corrected chi connectivity index (χ2v) is 4.81. The van der Waals surface area contributed by atoms with E-state index in [1.807, 2.05) is 0 Å². The summed E-state index contributed by atoms with van der Waals surface area (Å²) in [7, 11) is 0. The van der Waals surface area contributed by atoms with Crippen molar-refractivity contribution >= 4 is 5.82 Å². The first-order valence-corrected chi connectivity index (χ1v) is 7.02. The minimum absolute atomic E-state index is 0.896. The van der Waals surface area contributed by atoms with E-state index in [0.717, 1.165) is 30.3 Å². The minimum atomic E-state index is 0.896. The van der Waals surface area contributed by atoms with Gasteiger partial charge in [0.05, 0.1) is 5.69 Å². The summed E-state index contributed by atoms with van der Waals surface area (Å²) >= 11 is 0. The lowest BCUT2D eigenvalue weighted by Gasteiger charge is -2.06. The Bertz CT molecular complexity index is 328. The molecule has 0 aliphatic heterocycles. The van der Waals surface area contributed by atoms with E-state index in [-0.39, 0.29) is 0 Å². The van der Waals surface area contributed by atoms with Gasteiger partial charge in [0.25, 0.3) is 0 Å². The first kappa shape index (κ1) is 14.1. The van der Waals surface area contributed by atoms with Gasteiger partial charge >= 0.3 is 0 Å². The molecule has 1 rings (SSSR count). The molecule has 2 N–H and O–H groups in total. The van der Waals surface area contributed by atoms with Gasteiger partial charge in [0.15, 0.2) is 0 Å². The highest BCUT2D eigenvalue weighted by molar-refractivity contribution is 5.38. The molecule has 0 aromatic carbocycles. The predicted molar refractivity (Wildman–Crippen MR) is 74.1 cm³/mol. The van der Waals surface area contributed by atoms with Crippen LogP contribution in [-0.2, 0) is 13.0 Å². The van der Waals surface area contributed by atoms with E-state index < -0.39 is 0 Å². The lowest BCUT2D eigenvalue weighted by molar-refractivity contribution is 0.622. The standard InChI is InChI=1S/C14H27N3/c1-4-6-8-9-10-13-14(15)17(11-7-5-2)12(3)16-13/h4-11,15H2,1-3H3. The molecule has 0 aliphatic rings. The largest absolute Gasteiger partial charge is 0.384 e. The van der Waals surface area contributed by atoms with Crippen LogP contribution < -0.4 is 5.73 Å². The molecule has 0 saturated heterocycles. The van der Waals surface area contributed by atoms with Crippen LogP contribution in [0, 0.1) is 6.92 Å². The van der Waals surface area contributed by atoms with Crippen LogP contribution in [-0.4, -0.2) is 9.55 Å². The van der Waals surface area contributed by atoms with Gasteiger partial charge in [0.1, 0.15) is 11.6 Å². The smallest absolute Gasteiger partial charge is 0.126 e. The summed E-state index contributed by atoms with van der Waals surface area (Å²) < 4.78 is 2.17. The second kappa shape index (κ2) is 7.36. The lowest BCUT2D eigenvalue weighted by Crippen LogP contribution is -2.05. The molecule has 0 unspecified atom stereocenters. The highest BCUT2D eigenvalue weighted by atomic mass is 15.1. The molecule has 1 heterocycles. The molecule has 3 heteroatoms. The summed E-state index contributed by atoms with van der Waals surface area (Å²) in [5.74, 6) is 1.97. The van der Waals surface area contributed by atoms with Crippen molar-refractivity contribution in [2.75, 3.05) is 5.73 Å². The van der Waals surface area contributed by atoms with Gasteiger partial charge in [-0.1, -0.05) is 39.5 Å². The Morgan fingerprint density at radius 2 is 1.76 bits per heavy atom. The zero-order valence-corrected chi connectivity index (χ0v) is 11.6. The number of rotatable bonds is 8. The van der Waals surface area contributed by atoms with Gasteiger partial charge < -0.3 is 10.3 Å². The zero-order valence-electron chi connectivity index (χ0n) is 11.6. The maximum absolute atomic E-state index is 6.16. The Morgan fingerprint density at radius 1 is 1.06 bits per heavy atom. The SMILES string of the molecule is CCCCCCc1nc(C)n(CCCC)c1N. The molecule has 1 aromatic rings. The highest BCUT2D eigenvalue weighted by Gasteiger charge is 2.10. The number of nitrogens with two attached hydrogens (primary N) is 1. The minimum Gasteiger partial charge on any atom is -0.384 e. The third-order valence-electron chi connectivity index (χ3n) is 3.28. The third kappa shape index (κ3) is 4.06. The zero-order chi connectivity index (χ0) is 12.7. The summed E-state index contributed by atoms with van der Waals surface area (Å²) in [5.41, 5.74) is 7.27. The molecular weight excluding hydrogens is 210 g/mol. The topological polar surface area (TPSA) is 43.8 Å². The van der Waals surface area contributed by atoms with Crippen LogP contribution in [0.1, 0.15) is 63.9 Å². The summed E-state index contributed by atoms with van der Waals surface area (Å²) in [6.45, 7) is 7.50. The molecule has 0 amide bonds. The summed E-state index contributed by atoms with van der Waals surface area (Å²) in [5, 5.41) is 0. The van der Waals surface area contributed by atoms with Crippen LogP contribution in [0.25, 0.3) is 0 Å². The Kier molecular flexibility index (Phi) is 6.09. The molecule has 3 nitrogen and oxygen atoms in total. The van der Waals surface area contributed by atoms with Gasteiger partial charge in [-0.25, -0.2) is 4.98 Å². The number of nitrogen functional groups attached to an aromatic ring is 1. The van der Waals surface area contributed by atoms with Crippen molar-refractivity contribution < 1.29 is 0 Å². The third-order valence-corrected chi connectivity index (χ3v) is 3.28. The fourth-order valence-corrected chi connectivity index (χ4v) is 2.14. The molecule has 0 atom stereocenters. The molecule has 0 radical (unpaired) electrons. The summed E-state index contributed by atoms with van der Waals surface area (Å²) in [6, 6.07) is 0. The number of aromatic nitrogens is 2. The highest BCUT2D eigenvalue weighted by Crippen LogP contribution is 2.18. The van der Waals surface area contributed by atoms with Crippen LogP contribution in [0.5, 0.6) is 0 Å². The fourth-order valence-electron chi connectivity index (χ4n) is 2.14. The van der Waals surface area contributed by atoms with Crippen LogP contribution in [0.3, 0.4) is 0 Å². The summed E-state index contributed by atoms with van der Waals surface area (Å²) in [4.78, 5) is 4.60. The maximum Gasteiger partial charge on any atom is 0.126 e. The van der Waals surface area contributed by atoms with Gasteiger partial charge in [-0.2, -0.15) is 0 Å². The number of imidazole rings is 1. The van der Waals surface area contributed by atoms with Gasteiger partial charge in [-0.05, 0) is 26.2 Å². The van der Waals surface area contributed by atoms with Gasteiger partial charge in [-0.15, -0.1) is 0 Å². The number of anilines is 1. The number of aryl methyl sites for hydroxylation is 2. The van der Waals surface area contributed by atoms with Crippen molar-refractivity contribution in [3.63, 3.8) is 0 Å². The first-order valence-electron chi connectivity index (χ1n) is 7.02. The van der Waals surface area contributed by atoms with Crippen LogP contribution in [0.4, 0.5) is 5.82 Å². The van der Waals surface area contributed by atoms with Crippen LogP contribution >= 0.6 is 0 Å². The van der Waals surface area contributed by atoms with E-state index in [9.17, 15) is 0 Å². The Hall–Kier alpha value is -0.990. The average Bonchev–Trinajstić information content (AvgIpc) is 2.58. The van der Waals surface area contributed by atoms with E-state index >= 15 is 0 Å². The van der Waals surface area contributed by atoms with E-state index in [1.54, 1.807) is 0 Å². The molecule has 0 fully saturated rings. The maximum atomic E-state index is 6.16. The second-order valence-electron chi connectivity index (χ2n) is 4.81. The van der Waals surface area contributed by atoms with Crippen molar-refractivity contribution in [1.29, 1.82) is 0 Å². The Labute approximate surface area is 105 Å². The summed E-state index contributed by atoms with van der Waals surface area (Å²) in [6.07, 6.45) is 8.50. The van der Waals surface area contributed by atoms with Crippen molar-refractivity contribution in [1.82, 2.24) is 9.55 Å². The van der Waals surface area contributed by atoms with E-state index in [2.05, 4.69) is 30.3 Å². The molecule has 0 aliphatic carbocycles. The predicted octanol–water partition coefficient (Wildman–Crippen LogP) is 3.70. The molecule has 1 aromatic heterocycles. The van der Waals surface area contributed by atoms with E-state index in [0.29, 0.717) is 0 Å². The Morgan fingerprint density at radius 3 is 2.41 bits per heavy atom. The van der Waals surface area contributed by atoms with Crippen LogP contribution in [0.2, 0.25) is 0 Å². The van der Waals surface area contributed by atoms with Crippen molar-refractivity contribution in [3.8, 4) is 0 Å². The molecule has 0 bridgehead atoms. The molecule has 17 heavy (non-hydrogen) atoms. The Balaban J connectivity index is 2.55. The number of nitrogens with zero attached hydrogens (tertiary/aromatic N) is 2. The molecule has 0 saturated carbocycles. The monoisotopic (exact) mass is 237 g/mol. The molecule has 0 spiro atoms. The quantitative estimate of drug-likeness (QED) is 0.701. The fraction of sp³-hybridized carbons (Fsp3) is 0.786. The first-order chi connectivity index (χ1) is 8.20. The van der Waals surface area contributed by atoms with Crippen molar-refractivity contribution in [3.05, 3.63) is 11.5 Å². The van der Waals surface area contributed by atoms with Gasteiger partial charge in [0, 0.05) is 6.54 Å². The molecule has 98 valence electrons. The van der Waals surface area contributed by atoms with Gasteiger partial charge in [0.2, 0.25) is 0 Å². The molecular formula is C14H27N3. The van der Waals surface area contributed by atoms with Crippen LogP contribution in [0.15, 0.2) is 0 Å². The van der Waals surface area contributed by atoms with Crippen molar-refractivity contribution in [2.45, 2.75) is 72.3 Å². The van der Waals surface area contributed by atoms with E-state index in [4.69, 9.17) is 5.73 Å². The number of hydrogen-bond donors (Lipinski definition) is 1. The number of hydrogen-bond acceptors (Lipinski definition) is 2. The number of unbranched alkanes of at least 4 members (excludes halogenated alkanes) is 4. The lowest BCUT2D eigenvalue weighted by atomic mass is 10.1. The normalized spacial score (nSPS) is 11.0. The average molecular weight is 237 g/mol. The van der Waals surface area contributed by atoms with Crippen molar-refractivity contribution in [2.24, 2.45) is 0 Å². The van der Waals surface area contributed by atoms with Gasteiger partial charge in [-0.3, -0.25) is 0 Å².